The van der Waals surface area contributed by atoms with Crippen LogP contribution in [0.25, 0.3) is 0 Å². The van der Waals surface area contributed by atoms with Crippen molar-refractivity contribution in [2.75, 3.05) is 11.9 Å². The molecule has 1 unspecified atom stereocenters. The van der Waals surface area contributed by atoms with E-state index in [0.29, 0.717) is 0 Å². The van der Waals surface area contributed by atoms with E-state index in [1.165, 1.54) is 31.2 Å². The van der Waals surface area contributed by atoms with Gasteiger partial charge in [-0.25, -0.2) is 4.98 Å². The number of hydrogen-bond donors (Lipinski definition) is 1. The fourth-order valence-electron chi connectivity index (χ4n) is 1.85. The number of nitrogens with zero attached hydrogens (tertiary/aromatic N) is 1. The molecule has 0 spiro atoms. The van der Waals surface area contributed by atoms with Crippen LogP contribution < -0.4 is 5.32 Å². The van der Waals surface area contributed by atoms with Crippen molar-refractivity contribution in [3.05, 3.63) is 22.3 Å². The Morgan fingerprint density at radius 3 is 2.76 bits per heavy atom. The maximum Gasteiger partial charge on any atom is 0.140 e. The molecule has 0 aliphatic heterocycles. The van der Waals surface area contributed by atoms with Gasteiger partial charge < -0.3 is 5.32 Å². The van der Waals surface area contributed by atoms with Crippen LogP contribution in [0.5, 0.6) is 0 Å². The van der Waals surface area contributed by atoms with Crippen molar-refractivity contribution in [3.63, 3.8) is 0 Å². The molecular weight excluding hydrogens is 276 g/mol. The van der Waals surface area contributed by atoms with Gasteiger partial charge in [0.2, 0.25) is 0 Å². The van der Waals surface area contributed by atoms with Crippen molar-refractivity contribution >= 4 is 21.7 Å². The third kappa shape index (κ3) is 5.07. The largest absolute Gasteiger partial charge is 0.369 e. The number of halogens is 1. The standard InChI is InChI=1S/C14H23BrN2/c1-4-6-7-12(5-2)10-17-14-13(15)8-11(3)9-16-14/h8-9,12H,4-7,10H2,1-3H3,(H,16,17). The summed E-state index contributed by atoms with van der Waals surface area (Å²) in [6.07, 6.45) is 7.05. The van der Waals surface area contributed by atoms with Crippen LogP contribution in [-0.2, 0) is 0 Å². The smallest absolute Gasteiger partial charge is 0.140 e. The topological polar surface area (TPSA) is 24.9 Å². The first-order valence-electron chi connectivity index (χ1n) is 6.53. The lowest BCUT2D eigenvalue weighted by Crippen LogP contribution is -2.14. The molecule has 1 aromatic heterocycles. The van der Waals surface area contributed by atoms with Gasteiger partial charge in [0.05, 0.1) is 4.47 Å². The average molecular weight is 299 g/mol. The summed E-state index contributed by atoms with van der Waals surface area (Å²) in [4.78, 5) is 4.41. The number of unbranched alkanes of at least 4 members (excludes halogenated alkanes) is 1. The fourth-order valence-corrected chi connectivity index (χ4v) is 2.45. The van der Waals surface area contributed by atoms with E-state index in [2.05, 4.69) is 53.1 Å². The van der Waals surface area contributed by atoms with Crippen molar-refractivity contribution in [1.29, 1.82) is 0 Å². The molecular formula is C14H23BrN2. The Balaban J connectivity index is 2.47. The van der Waals surface area contributed by atoms with Crippen LogP contribution in [0.1, 0.15) is 45.1 Å². The molecule has 0 amide bonds. The van der Waals surface area contributed by atoms with Crippen molar-refractivity contribution in [3.8, 4) is 0 Å². The summed E-state index contributed by atoms with van der Waals surface area (Å²) < 4.78 is 1.06. The summed E-state index contributed by atoms with van der Waals surface area (Å²) in [6.45, 7) is 7.58. The van der Waals surface area contributed by atoms with E-state index < -0.39 is 0 Å². The predicted molar refractivity (Wildman–Crippen MR) is 78.5 cm³/mol. The first-order valence-corrected chi connectivity index (χ1v) is 7.32. The Kier molecular flexibility index (Phi) is 6.56. The van der Waals surface area contributed by atoms with Gasteiger partial charge in [0.1, 0.15) is 5.82 Å². The molecule has 1 N–H and O–H groups in total. The lowest BCUT2D eigenvalue weighted by molar-refractivity contribution is 0.472. The monoisotopic (exact) mass is 298 g/mol. The molecule has 96 valence electrons. The number of hydrogen-bond acceptors (Lipinski definition) is 2. The summed E-state index contributed by atoms with van der Waals surface area (Å²) in [5.41, 5.74) is 1.18. The van der Waals surface area contributed by atoms with Crippen molar-refractivity contribution in [2.45, 2.75) is 46.5 Å². The van der Waals surface area contributed by atoms with E-state index in [0.717, 1.165) is 22.8 Å². The van der Waals surface area contributed by atoms with E-state index in [1.54, 1.807) is 0 Å². The molecule has 0 saturated carbocycles. The van der Waals surface area contributed by atoms with Crippen molar-refractivity contribution in [2.24, 2.45) is 5.92 Å². The van der Waals surface area contributed by atoms with E-state index >= 15 is 0 Å². The van der Waals surface area contributed by atoms with Crippen LogP contribution in [-0.4, -0.2) is 11.5 Å². The normalized spacial score (nSPS) is 12.5. The van der Waals surface area contributed by atoms with Crippen LogP contribution in [0.15, 0.2) is 16.7 Å². The fraction of sp³-hybridized carbons (Fsp3) is 0.643. The first kappa shape index (κ1) is 14.5. The minimum atomic E-state index is 0.755. The Morgan fingerprint density at radius 1 is 1.41 bits per heavy atom. The van der Waals surface area contributed by atoms with E-state index in [4.69, 9.17) is 0 Å². The zero-order chi connectivity index (χ0) is 12.7. The minimum absolute atomic E-state index is 0.755. The summed E-state index contributed by atoms with van der Waals surface area (Å²) >= 11 is 3.55. The molecule has 17 heavy (non-hydrogen) atoms. The highest BCUT2D eigenvalue weighted by Gasteiger charge is 2.07. The highest BCUT2D eigenvalue weighted by Crippen LogP contribution is 2.21. The van der Waals surface area contributed by atoms with Crippen molar-refractivity contribution < 1.29 is 0 Å². The first-order chi connectivity index (χ1) is 8.17. The summed E-state index contributed by atoms with van der Waals surface area (Å²) in [7, 11) is 0. The van der Waals surface area contributed by atoms with Crippen LogP contribution >= 0.6 is 15.9 Å². The molecule has 0 aromatic carbocycles. The molecule has 0 aliphatic carbocycles. The van der Waals surface area contributed by atoms with Gasteiger partial charge in [0.25, 0.3) is 0 Å². The predicted octanol–water partition coefficient (Wildman–Crippen LogP) is 4.78. The van der Waals surface area contributed by atoms with Crippen LogP contribution in [0.3, 0.4) is 0 Å². The van der Waals surface area contributed by atoms with Crippen LogP contribution in [0, 0.1) is 12.8 Å². The van der Waals surface area contributed by atoms with Gasteiger partial charge in [-0.05, 0) is 46.8 Å². The van der Waals surface area contributed by atoms with E-state index in [9.17, 15) is 0 Å². The molecule has 2 nitrogen and oxygen atoms in total. The second kappa shape index (κ2) is 7.70. The zero-order valence-corrected chi connectivity index (χ0v) is 12.7. The average Bonchev–Trinajstić information content (AvgIpc) is 2.31. The Morgan fingerprint density at radius 2 is 2.18 bits per heavy atom. The molecule has 1 heterocycles. The molecule has 0 saturated heterocycles. The Labute approximate surface area is 113 Å². The van der Waals surface area contributed by atoms with Gasteiger partial charge in [-0.1, -0.05) is 33.1 Å². The number of rotatable bonds is 7. The van der Waals surface area contributed by atoms with Crippen molar-refractivity contribution in [1.82, 2.24) is 4.98 Å². The summed E-state index contributed by atoms with van der Waals surface area (Å²) in [5, 5.41) is 3.44. The molecule has 3 heteroatoms. The zero-order valence-electron chi connectivity index (χ0n) is 11.1. The van der Waals surface area contributed by atoms with Gasteiger partial charge in [-0.15, -0.1) is 0 Å². The molecule has 0 radical (unpaired) electrons. The number of aryl methyl sites for hydroxylation is 1. The maximum atomic E-state index is 4.41. The molecule has 0 bridgehead atoms. The molecule has 1 atom stereocenters. The summed E-state index contributed by atoms with van der Waals surface area (Å²) in [5.74, 6) is 1.72. The number of aromatic nitrogens is 1. The van der Waals surface area contributed by atoms with Gasteiger partial charge in [-0.3, -0.25) is 0 Å². The third-order valence-electron chi connectivity index (χ3n) is 3.08. The quantitative estimate of drug-likeness (QED) is 0.783. The minimum Gasteiger partial charge on any atom is -0.369 e. The highest BCUT2D eigenvalue weighted by molar-refractivity contribution is 9.10. The second-order valence-electron chi connectivity index (χ2n) is 4.64. The molecule has 0 fully saturated rings. The van der Waals surface area contributed by atoms with Gasteiger partial charge in [-0.2, -0.15) is 0 Å². The third-order valence-corrected chi connectivity index (χ3v) is 3.68. The second-order valence-corrected chi connectivity index (χ2v) is 5.49. The highest BCUT2D eigenvalue weighted by atomic mass is 79.9. The number of nitrogens with one attached hydrogen (secondary N) is 1. The molecule has 1 aromatic rings. The lowest BCUT2D eigenvalue weighted by atomic mass is 9.99. The maximum absolute atomic E-state index is 4.41. The van der Waals surface area contributed by atoms with Crippen LogP contribution in [0.2, 0.25) is 0 Å². The van der Waals surface area contributed by atoms with E-state index in [-0.39, 0.29) is 0 Å². The van der Waals surface area contributed by atoms with Gasteiger partial charge >= 0.3 is 0 Å². The summed E-state index contributed by atoms with van der Waals surface area (Å²) in [6, 6.07) is 2.10. The van der Waals surface area contributed by atoms with Crippen LogP contribution in [0.4, 0.5) is 5.82 Å². The SMILES string of the molecule is CCCCC(CC)CNc1ncc(C)cc1Br. The number of anilines is 1. The van der Waals surface area contributed by atoms with Gasteiger partial charge in [0.15, 0.2) is 0 Å². The lowest BCUT2D eigenvalue weighted by Gasteiger charge is -2.16. The molecule has 0 aliphatic rings. The Bertz CT molecular complexity index is 339. The van der Waals surface area contributed by atoms with Gasteiger partial charge in [0, 0.05) is 12.7 Å². The van der Waals surface area contributed by atoms with E-state index in [1.807, 2.05) is 6.20 Å². The Hall–Kier alpha value is -0.570. The number of pyridine rings is 1. The molecule has 1 rings (SSSR count).